The molecule has 19 heteroatoms. The monoisotopic (exact) mass is 813 g/mol. The van der Waals surface area contributed by atoms with E-state index in [9.17, 15) is 29.4 Å². The molecule has 0 aromatic heterocycles. The molecule has 8 saturated heterocycles. The van der Waals surface area contributed by atoms with Crippen molar-refractivity contribution in [1.82, 2.24) is 19.6 Å². The fourth-order valence-electron chi connectivity index (χ4n) is 10.8. The number of rotatable bonds is 5. The highest BCUT2D eigenvalue weighted by Crippen LogP contribution is 2.79. The number of fused-ring (bicyclic) bond motifs is 11. The summed E-state index contributed by atoms with van der Waals surface area (Å²) < 4.78 is 22.4. The molecule has 0 radical (unpaired) electrons. The minimum Gasteiger partial charge on any atom is -0.481 e. The lowest BCUT2D eigenvalue weighted by atomic mass is 9.51. The Labute approximate surface area is 323 Å². The third-order valence-electron chi connectivity index (χ3n) is 13.3. The second kappa shape index (κ2) is 10.4. The maximum atomic E-state index is 15.9. The van der Waals surface area contributed by atoms with Crippen LogP contribution in [0.4, 0.5) is 10.1 Å². The minimum absolute atomic E-state index is 0.0587. The number of aliphatic carboxylic acids is 1. The van der Waals surface area contributed by atoms with Gasteiger partial charge < -0.3 is 35.0 Å². The van der Waals surface area contributed by atoms with Crippen molar-refractivity contribution in [2.45, 2.75) is 87.8 Å². The van der Waals surface area contributed by atoms with E-state index in [1.54, 1.807) is 44.2 Å². The Balaban J connectivity index is 1.35. The van der Waals surface area contributed by atoms with Gasteiger partial charge in [-0.3, -0.25) is 33.7 Å². The van der Waals surface area contributed by atoms with E-state index in [4.69, 9.17) is 4.74 Å². The van der Waals surface area contributed by atoms with Crippen molar-refractivity contribution in [2.75, 3.05) is 19.4 Å². The number of ether oxygens (including phenoxy) is 1. The number of piperazine rings is 2. The highest BCUT2D eigenvalue weighted by Gasteiger charge is 2.93. The number of para-hydroxylation sites is 1. The Morgan fingerprint density at radius 3 is 2.17 bits per heavy atom. The van der Waals surface area contributed by atoms with Crippen LogP contribution in [0.5, 0.6) is 0 Å². The summed E-state index contributed by atoms with van der Waals surface area (Å²) in [7, 11) is 7.34. The number of nitrogens with one attached hydrogen (secondary N) is 1. The van der Waals surface area contributed by atoms with Crippen LogP contribution in [0.15, 0.2) is 42.5 Å². The molecule has 3 N–H and O–H groups in total. The van der Waals surface area contributed by atoms with Gasteiger partial charge in [0.1, 0.15) is 18.1 Å². The molecule has 10 atom stereocenters. The van der Waals surface area contributed by atoms with E-state index in [1.807, 2.05) is 0 Å². The van der Waals surface area contributed by atoms with Crippen LogP contribution < -0.4 is 5.32 Å². The van der Waals surface area contributed by atoms with Gasteiger partial charge in [0.2, 0.25) is 9.74 Å². The molecule has 10 aliphatic rings. The number of esters is 1. The highest BCUT2D eigenvalue weighted by atomic mass is 33.1. The zero-order chi connectivity index (χ0) is 38.3. The molecule has 9 heterocycles. The first kappa shape index (κ1) is 34.8. The summed E-state index contributed by atoms with van der Waals surface area (Å²) in [5, 5.41) is 26.6. The van der Waals surface area contributed by atoms with E-state index in [0.29, 0.717) is 16.8 Å². The number of carboxylic acids is 1. The van der Waals surface area contributed by atoms with Gasteiger partial charge in [-0.15, -0.1) is 0 Å². The fourth-order valence-corrected chi connectivity index (χ4v) is 17.9. The van der Waals surface area contributed by atoms with Crippen molar-refractivity contribution in [3.63, 3.8) is 0 Å². The molecule has 8 fully saturated rings. The van der Waals surface area contributed by atoms with Crippen LogP contribution in [0.3, 0.4) is 0 Å². The van der Waals surface area contributed by atoms with Crippen molar-refractivity contribution in [2.24, 2.45) is 0 Å². The Hall–Kier alpha value is -3.65. The van der Waals surface area contributed by atoms with Crippen LogP contribution in [-0.4, -0.2) is 123 Å². The van der Waals surface area contributed by atoms with Gasteiger partial charge in [-0.25, -0.2) is 4.39 Å². The second-order valence-corrected chi connectivity index (χ2v) is 20.8. The van der Waals surface area contributed by atoms with Gasteiger partial charge in [0.15, 0.2) is 15.8 Å². The largest absolute Gasteiger partial charge is 0.481 e. The molecular formula is C35H32FN5O9S4. The van der Waals surface area contributed by atoms with Crippen LogP contribution in [0, 0.1) is 5.82 Å². The molecule has 282 valence electrons. The minimum atomic E-state index is -1.99. The van der Waals surface area contributed by atoms with Gasteiger partial charge in [0, 0.05) is 19.8 Å². The average molecular weight is 814 g/mol. The molecule has 4 amide bonds. The Morgan fingerprint density at radius 1 is 0.852 bits per heavy atom. The SMILES string of the molecule is CN1C(=O)[C@]23SS[C@@]1(C)C(=O)N2[C@H]1Cc2ccc(F)cc2[C@@]1([C@@]12c4ccccc4N[C@@H]1N1C(=O)[C@]4(C)SS[C@]1(C(=O)N4C)[C@H]2OC(=O)CCC(=O)O)[C@@H]3O. The summed E-state index contributed by atoms with van der Waals surface area (Å²) in [5.41, 5.74) is -2.13. The van der Waals surface area contributed by atoms with Gasteiger partial charge in [0.05, 0.1) is 29.7 Å². The van der Waals surface area contributed by atoms with E-state index < -0.39 is 109 Å². The molecule has 2 aromatic carbocycles. The lowest BCUT2D eigenvalue weighted by molar-refractivity contribution is -0.173. The number of aliphatic hydroxyl groups excluding tert-OH is 1. The van der Waals surface area contributed by atoms with Gasteiger partial charge >= 0.3 is 11.9 Å². The number of nitrogens with zero attached hydrogens (tertiary/aromatic N) is 4. The van der Waals surface area contributed by atoms with Crippen LogP contribution in [0.1, 0.15) is 43.4 Å². The van der Waals surface area contributed by atoms with Crippen molar-refractivity contribution < 1.29 is 48.1 Å². The van der Waals surface area contributed by atoms with Crippen LogP contribution >= 0.6 is 43.2 Å². The summed E-state index contributed by atoms with van der Waals surface area (Å²) in [6.07, 6.45) is -5.89. The Kier molecular flexibility index (Phi) is 6.70. The van der Waals surface area contributed by atoms with Gasteiger partial charge in [-0.1, -0.05) is 45.9 Å². The summed E-state index contributed by atoms with van der Waals surface area (Å²) in [4.78, 5) is 84.4. The lowest BCUT2D eigenvalue weighted by Crippen LogP contribution is -2.77. The Morgan fingerprint density at radius 2 is 1.48 bits per heavy atom. The molecule has 12 rings (SSSR count). The second-order valence-electron chi connectivity index (χ2n) is 15.3. The number of amides is 4. The van der Waals surface area contributed by atoms with Crippen molar-refractivity contribution >= 4 is 84.4 Å². The predicted molar refractivity (Wildman–Crippen MR) is 196 cm³/mol. The molecule has 0 saturated carbocycles. The first-order valence-corrected chi connectivity index (χ1v) is 21.5. The maximum absolute atomic E-state index is 15.9. The zero-order valence-electron chi connectivity index (χ0n) is 29.0. The third kappa shape index (κ3) is 3.33. The van der Waals surface area contributed by atoms with E-state index >= 15 is 14.0 Å². The molecule has 2 spiro atoms. The normalized spacial score (nSPS) is 41.7. The number of carbonyl (C=O) groups is 6. The van der Waals surface area contributed by atoms with Crippen LogP contribution in [0.25, 0.3) is 0 Å². The summed E-state index contributed by atoms with van der Waals surface area (Å²) in [6, 6.07) is 10.0. The molecule has 2 aromatic rings. The molecule has 14 nitrogen and oxygen atoms in total. The number of carboxylic acid groups (broad SMARTS) is 1. The van der Waals surface area contributed by atoms with E-state index in [-0.39, 0.29) is 12.0 Å². The zero-order valence-corrected chi connectivity index (χ0v) is 32.3. The van der Waals surface area contributed by atoms with Crippen molar-refractivity contribution in [3.8, 4) is 0 Å². The number of carbonyl (C=O) groups excluding carboxylic acids is 5. The summed E-state index contributed by atoms with van der Waals surface area (Å²) in [6.45, 7) is 3.26. The smallest absolute Gasteiger partial charge is 0.306 e. The number of likely N-dealkylation sites (N-methyl/N-ethyl adjacent to an activating group) is 2. The number of halogens is 1. The van der Waals surface area contributed by atoms with E-state index in [0.717, 1.165) is 43.2 Å². The van der Waals surface area contributed by atoms with Gasteiger partial charge in [0.25, 0.3) is 23.6 Å². The molecule has 54 heavy (non-hydrogen) atoms. The fraction of sp³-hybridized carbons (Fsp3) is 0.486. The van der Waals surface area contributed by atoms with Gasteiger partial charge in [-0.2, -0.15) is 0 Å². The van der Waals surface area contributed by atoms with Gasteiger partial charge in [-0.05, 0) is 76.7 Å². The lowest BCUT2D eigenvalue weighted by Gasteiger charge is -2.58. The quantitative estimate of drug-likeness (QED) is 0.296. The molecular weight excluding hydrogens is 782 g/mol. The summed E-state index contributed by atoms with van der Waals surface area (Å²) in [5.74, 6) is -4.97. The first-order valence-electron chi connectivity index (χ1n) is 17.2. The van der Waals surface area contributed by atoms with E-state index in [1.165, 1.54) is 45.8 Å². The van der Waals surface area contributed by atoms with Crippen molar-refractivity contribution in [3.05, 3.63) is 65.0 Å². The molecule has 1 aliphatic carbocycles. The van der Waals surface area contributed by atoms with Crippen molar-refractivity contribution in [1.29, 1.82) is 0 Å². The highest BCUT2D eigenvalue weighted by molar-refractivity contribution is 8.78. The number of benzene rings is 2. The first-order chi connectivity index (χ1) is 25.5. The maximum Gasteiger partial charge on any atom is 0.306 e. The molecule has 9 aliphatic heterocycles. The van der Waals surface area contributed by atoms with E-state index in [2.05, 4.69) is 5.32 Å². The standard InChI is InChI=1S/C35H32FN5O9S4/c1-30-26(46)40-20-13-15-9-10-16(36)14-18(15)32(20,23(45)34(40,53-51-30)28(48)38(30)3)33-17-7-5-6-8-19(17)37-25(33)41-27(47)31(2)39(4)29(49)35(41,54-52-31)24(33)50-22(44)12-11-21(42)43/h5-10,14,20,23-25,37,45H,11-13H2,1-4H3,(H,42,43)/t20-,23-,24-,25+,30-,31-,32-,33+,34-,35-/m0/s1. The third-order valence-corrected chi connectivity index (χ3v) is 20.7. The topological polar surface area (TPSA) is 177 Å². The summed E-state index contributed by atoms with van der Waals surface area (Å²) >= 11 is 0. The average Bonchev–Trinajstić information content (AvgIpc) is 3.79. The Bertz CT molecular complexity index is 2220. The van der Waals surface area contributed by atoms with Crippen LogP contribution in [-0.2, 0) is 50.8 Å². The predicted octanol–water partition coefficient (Wildman–Crippen LogP) is 2.06. The van der Waals surface area contributed by atoms with Crippen LogP contribution in [0.2, 0.25) is 0 Å². The number of anilines is 1. The number of hydrogen-bond acceptors (Lipinski definition) is 13. The molecule has 0 unspecified atom stereocenters. The molecule has 4 bridgehead atoms. The number of aliphatic hydroxyl groups is 1. The number of hydrogen-bond donors (Lipinski definition) is 3.